The van der Waals surface area contributed by atoms with Crippen LogP contribution in [-0.4, -0.2) is 22.0 Å². The lowest BCUT2D eigenvalue weighted by Gasteiger charge is -2.38. The van der Waals surface area contributed by atoms with Gasteiger partial charge in [-0.2, -0.15) is 0 Å². The number of hydrogen-bond donors (Lipinski definition) is 0. The molecule has 0 aliphatic heterocycles. The number of hydrogen-bond acceptors (Lipinski definition) is 2. The van der Waals surface area contributed by atoms with E-state index in [1.165, 1.54) is 35.1 Å². The molecule has 3 heteroatoms. The van der Waals surface area contributed by atoms with Crippen LogP contribution in [0.2, 0.25) is 18.1 Å². The molecule has 28 heavy (non-hydrogen) atoms. The van der Waals surface area contributed by atoms with Crippen LogP contribution in [0.4, 0.5) is 0 Å². The van der Waals surface area contributed by atoms with Crippen molar-refractivity contribution in [1.82, 2.24) is 0 Å². The van der Waals surface area contributed by atoms with Gasteiger partial charge in [-0.05, 0) is 91.4 Å². The number of rotatable bonds is 6. The molecule has 0 aromatic heterocycles. The van der Waals surface area contributed by atoms with Gasteiger partial charge in [-0.1, -0.05) is 44.6 Å². The summed E-state index contributed by atoms with van der Waals surface area (Å²) in [6.45, 7) is 14.9. The molecule has 0 bridgehead atoms. The van der Waals surface area contributed by atoms with E-state index in [2.05, 4.69) is 71.1 Å². The van der Waals surface area contributed by atoms with E-state index in [1.807, 2.05) is 0 Å². The molecule has 0 unspecified atom stereocenters. The van der Waals surface area contributed by atoms with E-state index < -0.39 is 8.32 Å². The van der Waals surface area contributed by atoms with Crippen molar-refractivity contribution < 1.29 is 9.16 Å². The first-order valence-electron chi connectivity index (χ1n) is 10.8. The van der Waals surface area contributed by atoms with Crippen molar-refractivity contribution in [1.29, 1.82) is 0 Å². The second-order valence-electron chi connectivity index (χ2n) is 10.1. The fraction of sp³-hybridized carbons (Fsp3) is 0.600. The maximum atomic E-state index is 6.43. The quantitative estimate of drug-likeness (QED) is 0.378. The highest BCUT2D eigenvalue weighted by Gasteiger charge is 2.37. The van der Waals surface area contributed by atoms with Crippen molar-refractivity contribution in [3.05, 3.63) is 47.1 Å². The molecule has 0 radical (unpaired) electrons. The Balaban J connectivity index is 1.66. The summed E-state index contributed by atoms with van der Waals surface area (Å²) >= 11 is 0. The number of fused-ring (bicyclic) bond motifs is 3. The summed E-state index contributed by atoms with van der Waals surface area (Å²) < 4.78 is 11.9. The lowest BCUT2D eigenvalue weighted by atomic mass is 9.67. The minimum absolute atomic E-state index is 0.289. The summed E-state index contributed by atoms with van der Waals surface area (Å²) in [5, 5.41) is 0.289. The van der Waals surface area contributed by atoms with Crippen LogP contribution in [0.5, 0.6) is 5.75 Å². The standard InChI is InChI=1S/C25H38O2Si/c1-18-10-13-24-22-15-12-20(26-5)17-19(22)11-14-23(24)21(18)9-8-16-27-28(6,7)25(2,3)4/h10,12-13,15,17,21,23H,8-9,11,14,16H2,1-7H3/t21-,23+/m0/s1. The number of ether oxygens (including phenoxy) is 1. The highest BCUT2D eigenvalue weighted by molar-refractivity contribution is 6.74. The van der Waals surface area contributed by atoms with Gasteiger partial charge in [0.25, 0.3) is 0 Å². The molecule has 1 aromatic rings. The highest BCUT2D eigenvalue weighted by Crippen LogP contribution is 2.46. The highest BCUT2D eigenvalue weighted by atomic mass is 28.4. The van der Waals surface area contributed by atoms with Crippen LogP contribution in [0.15, 0.2) is 35.9 Å². The van der Waals surface area contributed by atoms with Crippen LogP contribution >= 0.6 is 0 Å². The van der Waals surface area contributed by atoms with Gasteiger partial charge in [0.15, 0.2) is 8.32 Å². The average molecular weight is 399 g/mol. The van der Waals surface area contributed by atoms with E-state index in [0.717, 1.165) is 25.2 Å². The molecule has 0 N–H and O–H groups in total. The van der Waals surface area contributed by atoms with E-state index in [0.29, 0.717) is 11.8 Å². The van der Waals surface area contributed by atoms with Crippen LogP contribution in [0.3, 0.4) is 0 Å². The Morgan fingerprint density at radius 2 is 1.89 bits per heavy atom. The predicted octanol–water partition coefficient (Wildman–Crippen LogP) is 7.02. The molecule has 3 rings (SSSR count). The number of aryl methyl sites for hydroxylation is 1. The lowest BCUT2D eigenvalue weighted by Crippen LogP contribution is -2.41. The van der Waals surface area contributed by atoms with Gasteiger partial charge < -0.3 is 9.16 Å². The van der Waals surface area contributed by atoms with E-state index in [-0.39, 0.29) is 5.04 Å². The maximum absolute atomic E-state index is 6.43. The molecule has 0 fully saturated rings. The van der Waals surface area contributed by atoms with Gasteiger partial charge in [0.05, 0.1) is 7.11 Å². The zero-order valence-electron chi connectivity index (χ0n) is 18.9. The summed E-state index contributed by atoms with van der Waals surface area (Å²) in [4.78, 5) is 0. The van der Waals surface area contributed by atoms with Gasteiger partial charge in [-0.3, -0.25) is 0 Å². The Morgan fingerprint density at radius 1 is 1.14 bits per heavy atom. The fourth-order valence-corrected chi connectivity index (χ4v) is 5.51. The summed E-state index contributed by atoms with van der Waals surface area (Å²) in [5.41, 5.74) is 5.95. The second-order valence-corrected chi connectivity index (χ2v) is 14.9. The third-order valence-corrected chi connectivity index (χ3v) is 11.8. The van der Waals surface area contributed by atoms with Gasteiger partial charge in [0.1, 0.15) is 5.75 Å². The molecule has 2 aliphatic rings. The van der Waals surface area contributed by atoms with E-state index in [4.69, 9.17) is 9.16 Å². The first-order chi connectivity index (χ1) is 13.1. The Bertz CT molecular complexity index is 767. The van der Waals surface area contributed by atoms with Crippen molar-refractivity contribution in [3.8, 4) is 5.75 Å². The zero-order valence-corrected chi connectivity index (χ0v) is 19.9. The molecule has 0 amide bonds. The van der Waals surface area contributed by atoms with Crippen molar-refractivity contribution in [2.45, 2.75) is 71.5 Å². The molecular weight excluding hydrogens is 360 g/mol. The number of benzene rings is 1. The third-order valence-electron chi connectivity index (χ3n) is 7.27. The van der Waals surface area contributed by atoms with Crippen molar-refractivity contribution >= 4 is 13.9 Å². The topological polar surface area (TPSA) is 18.5 Å². The summed E-state index contributed by atoms with van der Waals surface area (Å²) in [6.07, 6.45) is 9.49. The second kappa shape index (κ2) is 8.20. The first-order valence-corrected chi connectivity index (χ1v) is 13.7. The van der Waals surface area contributed by atoms with Crippen molar-refractivity contribution in [3.63, 3.8) is 0 Å². The van der Waals surface area contributed by atoms with Crippen LogP contribution in [0.25, 0.3) is 5.57 Å². The molecule has 0 saturated carbocycles. The molecule has 2 aliphatic carbocycles. The summed E-state index contributed by atoms with van der Waals surface area (Å²) in [7, 11) is 0.114. The molecular formula is C25H38O2Si. The predicted molar refractivity (Wildman–Crippen MR) is 122 cm³/mol. The Morgan fingerprint density at radius 3 is 2.57 bits per heavy atom. The van der Waals surface area contributed by atoms with Crippen LogP contribution in [-0.2, 0) is 10.8 Å². The molecule has 2 nitrogen and oxygen atoms in total. The fourth-order valence-electron chi connectivity index (χ4n) is 4.42. The van der Waals surface area contributed by atoms with E-state index >= 15 is 0 Å². The largest absolute Gasteiger partial charge is 0.497 e. The minimum atomic E-state index is -1.64. The van der Waals surface area contributed by atoms with Gasteiger partial charge in [0.2, 0.25) is 0 Å². The molecule has 154 valence electrons. The summed E-state index contributed by atoms with van der Waals surface area (Å²) in [6, 6.07) is 6.59. The Labute approximate surface area is 173 Å². The van der Waals surface area contributed by atoms with Gasteiger partial charge in [0, 0.05) is 6.61 Å². The maximum Gasteiger partial charge on any atom is 0.191 e. The SMILES string of the molecule is COc1ccc2c(c1)CC[C@H]1C2=CC=C(C)[C@@H]1CCCO[Si](C)(C)C(C)(C)C. The normalized spacial score (nSPS) is 22.1. The summed E-state index contributed by atoms with van der Waals surface area (Å²) in [5.74, 6) is 2.27. The Hall–Kier alpha value is -1.32. The third kappa shape index (κ3) is 4.31. The van der Waals surface area contributed by atoms with Crippen LogP contribution in [0.1, 0.15) is 58.1 Å². The minimum Gasteiger partial charge on any atom is -0.497 e. The van der Waals surface area contributed by atoms with Gasteiger partial charge in [-0.25, -0.2) is 0 Å². The average Bonchev–Trinajstić information content (AvgIpc) is 2.64. The van der Waals surface area contributed by atoms with Gasteiger partial charge >= 0.3 is 0 Å². The molecule has 2 atom stereocenters. The van der Waals surface area contributed by atoms with Crippen molar-refractivity contribution in [2.24, 2.45) is 11.8 Å². The monoisotopic (exact) mass is 398 g/mol. The zero-order chi connectivity index (χ0) is 20.5. The lowest BCUT2D eigenvalue weighted by molar-refractivity contribution is 0.263. The first kappa shape index (κ1) is 21.4. The van der Waals surface area contributed by atoms with Crippen molar-refractivity contribution in [2.75, 3.05) is 13.7 Å². The molecule has 0 saturated heterocycles. The number of allylic oxidation sites excluding steroid dienone is 4. The van der Waals surface area contributed by atoms with E-state index in [9.17, 15) is 0 Å². The number of methoxy groups -OCH3 is 1. The smallest absolute Gasteiger partial charge is 0.191 e. The van der Waals surface area contributed by atoms with E-state index in [1.54, 1.807) is 7.11 Å². The molecule has 1 aromatic carbocycles. The Kier molecular flexibility index (Phi) is 6.26. The van der Waals surface area contributed by atoms with Gasteiger partial charge in [-0.15, -0.1) is 0 Å². The van der Waals surface area contributed by atoms with Crippen LogP contribution in [0, 0.1) is 11.8 Å². The van der Waals surface area contributed by atoms with Crippen LogP contribution < -0.4 is 4.74 Å². The molecule has 0 heterocycles. The molecule has 0 spiro atoms.